The van der Waals surface area contributed by atoms with E-state index in [1.807, 2.05) is 0 Å². The Kier molecular flexibility index (Phi) is 8.09. The first kappa shape index (κ1) is 26.5. The first-order valence-electron chi connectivity index (χ1n) is 12.4. The van der Waals surface area contributed by atoms with Crippen LogP contribution in [0.25, 0.3) is 36.4 Å². The van der Waals surface area contributed by atoms with Crippen molar-refractivity contribution in [3.63, 3.8) is 0 Å². The summed E-state index contributed by atoms with van der Waals surface area (Å²) in [7, 11) is 0.750. The van der Waals surface area contributed by atoms with Crippen LogP contribution in [0.15, 0.2) is 121 Å². The van der Waals surface area contributed by atoms with Gasteiger partial charge in [-0.3, -0.25) is 0 Å². The van der Waals surface area contributed by atoms with Crippen molar-refractivity contribution in [2.24, 2.45) is 0 Å². The number of hydrogen-bond acceptors (Lipinski definition) is 0. The van der Waals surface area contributed by atoms with Gasteiger partial charge in [0.05, 0.1) is 0 Å². The molecule has 0 aliphatic heterocycles. The molecule has 5 aromatic rings. The van der Waals surface area contributed by atoms with Crippen LogP contribution in [0.2, 0.25) is 0 Å². The van der Waals surface area contributed by atoms with Crippen molar-refractivity contribution in [1.82, 2.24) is 0 Å². The van der Waals surface area contributed by atoms with Crippen LogP contribution in [0.3, 0.4) is 0 Å². The summed E-state index contributed by atoms with van der Waals surface area (Å²) in [6.07, 6.45) is 2.64. The number of benzene rings is 4. The van der Waals surface area contributed by atoms with E-state index in [1.165, 1.54) is 46.0 Å². The van der Waals surface area contributed by atoms with Gasteiger partial charge in [-0.25, -0.2) is 0 Å². The van der Waals surface area contributed by atoms with Gasteiger partial charge in [0.25, 0.3) is 0 Å². The molecule has 1 heterocycles. The molecule has 0 N–H and O–H groups in total. The summed E-state index contributed by atoms with van der Waals surface area (Å²) < 4.78 is 3.53. The molecule has 4 heteroatoms. The predicted molar refractivity (Wildman–Crippen MR) is 147 cm³/mol. The summed E-state index contributed by atoms with van der Waals surface area (Å²) in [5, 5.41) is 1.52. The van der Waals surface area contributed by atoms with E-state index in [2.05, 4.69) is 115 Å². The average Bonchev–Trinajstić information content (AvgIpc) is 3.38. The number of rotatable bonds is 5. The third-order valence-corrected chi connectivity index (χ3v) is 13.7. The van der Waals surface area contributed by atoms with Gasteiger partial charge in [-0.15, -0.1) is 0 Å². The van der Waals surface area contributed by atoms with Gasteiger partial charge in [-0.2, -0.15) is 0 Å². The van der Waals surface area contributed by atoms with Crippen LogP contribution >= 0.6 is 8.19 Å². The standard InChI is InChI=1S/C22H16P.C11H9.2ClH.Zr/c1-4-10-17(11-5-1)20-16-23-22(19-14-8-3-9-15-19)21(20)18-12-6-2-7-13-18;1-2-4-10-8(3-1)7-9-5-6-11(9)10;;;/h1-15,23H;1-4,11H,5-6H2;2*1H;/q;;;;+2/p-2. The molecule has 0 nitrogen and oxygen atoms in total. The zero-order valence-corrected chi connectivity index (χ0v) is 25.2. The van der Waals surface area contributed by atoms with E-state index in [-0.39, 0.29) is 24.8 Å². The van der Waals surface area contributed by atoms with Crippen LogP contribution in [0.4, 0.5) is 0 Å². The first-order valence-corrected chi connectivity index (χ1v) is 15.9. The van der Waals surface area contributed by atoms with Crippen LogP contribution in [0, 0.1) is 0 Å². The maximum atomic E-state index is 2.40. The van der Waals surface area contributed by atoms with E-state index in [0.717, 1.165) is 8.19 Å². The quantitative estimate of drug-likeness (QED) is 0.286. The molecule has 1 fully saturated rings. The van der Waals surface area contributed by atoms with Gasteiger partial charge < -0.3 is 24.8 Å². The topological polar surface area (TPSA) is 0 Å². The molecule has 2 atom stereocenters. The second kappa shape index (κ2) is 11.3. The summed E-state index contributed by atoms with van der Waals surface area (Å²) >= 11 is -0.979. The molecule has 2 aliphatic carbocycles. The summed E-state index contributed by atoms with van der Waals surface area (Å²) in [5.74, 6) is 0.711. The SMILES string of the molecule is [Cl-].[Cl-].c1ccc(-c2[pH][c]([Zr+2][C]3=C4CCC4c4ccccc43)c(-c3ccccc3)c2-c2ccccc2)cc1. The van der Waals surface area contributed by atoms with Crippen LogP contribution < -0.4 is 27.8 Å². The normalized spacial score (nSPS) is 15.2. The third-order valence-electron chi connectivity index (χ3n) is 7.49. The second-order valence-corrected chi connectivity index (χ2v) is 15.0. The minimum atomic E-state index is -0.979. The molecule has 4 aromatic carbocycles. The van der Waals surface area contributed by atoms with Crippen molar-refractivity contribution >= 4 is 14.5 Å². The van der Waals surface area contributed by atoms with Crippen LogP contribution in [0.1, 0.15) is 29.9 Å². The molecule has 2 aliphatic rings. The molecular weight excluding hydrogens is 589 g/mol. The fraction of sp³-hybridized carbons (Fsp3) is 0.0909. The Labute approximate surface area is 244 Å². The molecule has 1 saturated carbocycles. The Morgan fingerprint density at radius 2 is 1.14 bits per heavy atom. The van der Waals surface area contributed by atoms with Crippen LogP contribution in [0.5, 0.6) is 0 Å². The summed E-state index contributed by atoms with van der Waals surface area (Å²) in [4.78, 5) is 0. The second-order valence-electron chi connectivity index (χ2n) is 9.43. The van der Waals surface area contributed by atoms with E-state index >= 15 is 0 Å². The third kappa shape index (κ3) is 4.66. The van der Waals surface area contributed by atoms with Crippen molar-refractivity contribution < 1.29 is 48.0 Å². The Morgan fingerprint density at radius 1 is 0.595 bits per heavy atom. The van der Waals surface area contributed by atoms with Crippen molar-refractivity contribution in [2.45, 2.75) is 18.8 Å². The molecule has 180 valence electrons. The fourth-order valence-corrected chi connectivity index (χ4v) is 12.9. The van der Waals surface area contributed by atoms with E-state index in [0.29, 0.717) is 5.92 Å². The van der Waals surface area contributed by atoms with E-state index in [1.54, 1.807) is 23.0 Å². The van der Waals surface area contributed by atoms with Crippen molar-refractivity contribution in [1.29, 1.82) is 0 Å². The molecule has 0 amide bonds. The number of fused-ring (bicyclic) bond motifs is 3. The van der Waals surface area contributed by atoms with Gasteiger partial charge >= 0.3 is 222 Å². The van der Waals surface area contributed by atoms with Gasteiger partial charge in [0.1, 0.15) is 0 Å². The van der Waals surface area contributed by atoms with Gasteiger partial charge in [0, 0.05) is 0 Å². The van der Waals surface area contributed by atoms with Gasteiger partial charge in [0.2, 0.25) is 0 Å². The molecule has 37 heavy (non-hydrogen) atoms. The average molecular weight is 615 g/mol. The van der Waals surface area contributed by atoms with Crippen molar-refractivity contribution in [2.75, 3.05) is 0 Å². The Balaban J connectivity index is 0.00000140. The van der Waals surface area contributed by atoms with Crippen molar-refractivity contribution in [3.8, 4) is 33.1 Å². The monoisotopic (exact) mass is 612 g/mol. The number of allylic oxidation sites excluding steroid dienone is 1. The summed E-state index contributed by atoms with van der Waals surface area (Å²) in [6, 6.07) is 42.7. The molecule has 0 saturated heterocycles. The molecule has 1 aromatic heterocycles. The number of hydrogen-bond donors (Lipinski definition) is 0. The van der Waals surface area contributed by atoms with E-state index in [9.17, 15) is 0 Å². The van der Waals surface area contributed by atoms with Gasteiger partial charge in [0.15, 0.2) is 0 Å². The van der Waals surface area contributed by atoms with Gasteiger partial charge in [-0.1, -0.05) is 0 Å². The zero-order valence-electron chi connectivity index (χ0n) is 20.2. The molecule has 0 radical (unpaired) electrons. The Bertz CT molecular complexity index is 1560. The fourth-order valence-electron chi connectivity index (χ4n) is 5.75. The maximum absolute atomic E-state index is 2.40. The number of halogens is 2. The zero-order chi connectivity index (χ0) is 23.2. The summed E-state index contributed by atoms with van der Waals surface area (Å²) in [6.45, 7) is 0. The summed E-state index contributed by atoms with van der Waals surface area (Å²) in [5.41, 5.74) is 12.0. The molecule has 0 bridgehead atoms. The van der Waals surface area contributed by atoms with Crippen LogP contribution in [-0.2, 0) is 23.2 Å². The van der Waals surface area contributed by atoms with Gasteiger partial charge in [-0.05, 0) is 0 Å². The minimum absolute atomic E-state index is 0. The predicted octanol–water partition coefficient (Wildman–Crippen LogP) is 2.74. The van der Waals surface area contributed by atoms with Crippen LogP contribution in [-0.4, -0.2) is 0 Å². The first-order chi connectivity index (χ1) is 17.4. The van der Waals surface area contributed by atoms with Crippen molar-refractivity contribution in [3.05, 3.63) is 132 Å². The van der Waals surface area contributed by atoms with E-state index < -0.39 is 23.2 Å². The van der Waals surface area contributed by atoms with E-state index in [4.69, 9.17) is 0 Å². The molecule has 7 rings (SSSR count). The Morgan fingerprint density at radius 3 is 1.73 bits per heavy atom. The Hall–Kier alpha value is -2.14. The molecule has 0 spiro atoms. The molecular formula is C33H25Cl2PZr. The molecule has 2 unspecified atom stereocenters.